The summed E-state index contributed by atoms with van der Waals surface area (Å²) in [6.45, 7) is 1.39. The average Bonchev–Trinajstić information content (AvgIpc) is 3.22. The minimum atomic E-state index is 0. The molecule has 8 heteroatoms. The van der Waals surface area contributed by atoms with Crippen LogP contribution in [-0.2, 0) is 0 Å². The maximum atomic E-state index is 7.41. The zero-order valence-electron chi connectivity index (χ0n) is 18.3. The second-order valence-corrected chi connectivity index (χ2v) is 8.00. The van der Waals surface area contributed by atoms with E-state index in [-0.39, 0.29) is 24.1 Å². The van der Waals surface area contributed by atoms with Gasteiger partial charge in [-0.1, -0.05) is 0 Å². The number of ether oxygens (including phenoxy) is 2. The van der Waals surface area contributed by atoms with Crippen molar-refractivity contribution in [3.8, 4) is 11.5 Å². The molecule has 1 saturated heterocycles. The number of nitrogen functional groups attached to an aromatic ring is 2. The molecule has 174 valence electrons. The van der Waals surface area contributed by atoms with Crippen molar-refractivity contribution < 1.29 is 9.47 Å². The Morgan fingerprint density at radius 3 is 1.47 bits per heavy atom. The van der Waals surface area contributed by atoms with Crippen LogP contribution in [0.25, 0.3) is 0 Å². The molecule has 1 heterocycles. The van der Waals surface area contributed by atoms with Crippen LogP contribution in [0.4, 0.5) is 0 Å². The molecule has 7 nitrogen and oxygen atoms in total. The van der Waals surface area contributed by atoms with Crippen molar-refractivity contribution >= 4 is 24.1 Å². The van der Waals surface area contributed by atoms with Gasteiger partial charge in [0.1, 0.15) is 23.2 Å². The summed E-state index contributed by atoms with van der Waals surface area (Å²) in [7, 11) is 0. The van der Waals surface area contributed by atoms with Gasteiger partial charge < -0.3 is 26.3 Å². The van der Waals surface area contributed by atoms with Crippen molar-refractivity contribution in [2.75, 3.05) is 13.2 Å². The zero-order valence-corrected chi connectivity index (χ0v) is 19.1. The van der Waals surface area contributed by atoms with E-state index in [0.29, 0.717) is 36.4 Å². The third kappa shape index (κ3) is 8.05. The molecule has 1 aliphatic heterocycles. The third-order valence-corrected chi connectivity index (χ3v) is 5.60. The van der Waals surface area contributed by atoms with Crippen molar-refractivity contribution in [2.24, 2.45) is 11.5 Å². The Kier molecular flexibility index (Phi) is 10.3. The fourth-order valence-corrected chi connectivity index (χ4v) is 3.86. The molecular formula is C24H34ClN5O2. The van der Waals surface area contributed by atoms with Crippen LogP contribution in [-0.4, -0.2) is 37.0 Å². The van der Waals surface area contributed by atoms with Crippen molar-refractivity contribution in [3.05, 3.63) is 59.7 Å². The molecule has 0 saturated carbocycles. The molecule has 2 aromatic rings. The molecule has 0 aliphatic carbocycles. The van der Waals surface area contributed by atoms with E-state index >= 15 is 0 Å². The summed E-state index contributed by atoms with van der Waals surface area (Å²) in [4.78, 5) is 0. The molecule has 3 rings (SSSR count). The summed E-state index contributed by atoms with van der Waals surface area (Å²) in [5.41, 5.74) is 12.4. The van der Waals surface area contributed by atoms with Crippen LogP contribution in [0.2, 0.25) is 0 Å². The number of nitrogens with one attached hydrogen (secondary N) is 3. The number of benzene rings is 2. The maximum absolute atomic E-state index is 7.41. The van der Waals surface area contributed by atoms with Crippen LogP contribution in [0.5, 0.6) is 11.5 Å². The fourth-order valence-electron chi connectivity index (χ4n) is 3.86. The topological polar surface area (TPSA) is 130 Å². The SMILES string of the molecule is Cl.N=C(N)c1ccc(OCCCC2CCC(CCCOc3ccc(C(=N)N)cc3)N2)cc1. The van der Waals surface area contributed by atoms with Gasteiger partial charge in [0.25, 0.3) is 0 Å². The number of rotatable bonds is 12. The number of halogens is 1. The summed E-state index contributed by atoms with van der Waals surface area (Å²) in [6.07, 6.45) is 6.68. The Morgan fingerprint density at radius 1 is 0.750 bits per heavy atom. The Balaban J connectivity index is 0.00000363. The molecule has 0 bridgehead atoms. The number of hydrogen-bond donors (Lipinski definition) is 5. The average molecular weight is 460 g/mol. The van der Waals surface area contributed by atoms with Crippen molar-refractivity contribution in [1.29, 1.82) is 10.8 Å². The van der Waals surface area contributed by atoms with Gasteiger partial charge >= 0.3 is 0 Å². The van der Waals surface area contributed by atoms with Gasteiger partial charge in [-0.15, -0.1) is 12.4 Å². The van der Waals surface area contributed by atoms with E-state index in [4.69, 9.17) is 31.8 Å². The first kappa shape index (κ1) is 25.5. The Hall–Kier alpha value is -2.77. The second kappa shape index (κ2) is 12.9. The first-order chi connectivity index (χ1) is 15.0. The van der Waals surface area contributed by atoms with Gasteiger partial charge in [0.15, 0.2) is 0 Å². The predicted octanol–water partition coefficient (Wildman–Crippen LogP) is 3.82. The van der Waals surface area contributed by atoms with Crippen molar-refractivity contribution in [2.45, 2.75) is 50.6 Å². The van der Waals surface area contributed by atoms with Gasteiger partial charge in [-0.2, -0.15) is 0 Å². The van der Waals surface area contributed by atoms with E-state index in [1.165, 1.54) is 12.8 Å². The third-order valence-electron chi connectivity index (χ3n) is 5.60. The predicted molar refractivity (Wildman–Crippen MR) is 132 cm³/mol. The molecule has 0 radical (unpaired) electrons. The Labute approximate surface area is 196 Å². The summed E-state index contributed by atoms with van der Waals surface area (Å²) in [6, 6.07) is 15.8. The minimum absolute atomic E-state index is 0. The molecule has 0 aromatic heterocycles. The van der Waals surface area contributed by atoms with Crippen LogP contribution in [0.3, 0.4) is 0 Å². The molecule has 0 spiro atoms. The van der Waals surface area contributed by atoms with Gasteiger partial charge in [-0.25, -0.2) is 0 Å². The first-order valence-electron chi connectivity index (χ1n) is 10.9. The highest BCUT2D eigenvalue weighted by Gasteiger charge is 2.22. The molecule has 2 atom stereocenters. The van der Waals surface area contributed by atoms with Crippen LogP contribution in [0.15, 0.2) is 48.5 Å². The van der Waals surface area contributed by atoms with Crippen molar-refractivity contribution in [1.82, 2.24) is 5.32 Å². The lowest BCUT2D eigenvalue weighted by molar-refractivity contribution is 0.291. The largest absolute Gasteiger partial charge is 0.494 e. The van der Waals surface area contributed by atoms with Crippen LogP contribution in [0.1, 0.15) is 49.7 Å². The van der Waals surface area contributed by atoms with Gasteiger partial charge in [0.05, 0.1) is 13.2 Å². The lowest BCUT2D eigenvalue weighted by Gasteiger charge is -2.15. The van der Waals surface area contributed by atoms with E-state index < -0.39 is 0 Å². The highest BCUT2D eigenvalue weighted by Crippen LogP contribution is 2.21. The number of hydrogen-bond acceptors (Lipinski definition) is 5. The summed E-state index contributed by atoms with van der Waals surface area (Å²) >= 11 is 0. The second-order valence-electron chi connectivity index (χ2n) is 8.00. The minimum Gasteiger partial charge on any atom is -0.494 e. The summed E-state index contributed by atoms with van der Waals surface area (Å²) < 4.78 is 11.6. The molecule has 2 aromatic carbocycles. The van der Waals surface area contributed by atoms with Gasteiger partial charge in [-0.05, 0) is 87.1 Å². The lowest BCUT2D eigenvalue weighted by atomic mass is 10.1. The van der Waals surface area contributed by atoms with E-state index in [1.807, 2.05) is 48.5 Å². The molecule has 1 aliphatic rings. The monoisotopic (exact) mass is 459 g/mol. The van der Waals surface area contributed by atoms with Crippen LogP contribution < -0.4 is 26.3 Å². The van der Waals surface area contributed by atoms with Gasteiger partial charge in [-0.3, -0.25) is 10.8 Å². The van der Waals surface area contributed by atoms with E-state index in [0.717, 1.165) is 37.2 Å². The van der Waals surface area contributed by atoms with E-state index in [1.54, 1.807) is 0 Å². The van der Waals surface area contributed by atoms with Gasteiger partial charge in [0, 0.05) is 23.2 Å². The Bertz CT molecular complexity index is 786. The molecule has 7 N–H and O–H groups in total. The zero-order chi connectivity index (χ0) is 22.1. The normalized spacial score (nSPS) is 17.4. The quantitative estimate of drug-likeness (QED) is 0.187. The summed E-state index contributed by atoms with van der Waals surface area (Å²) in [5, 5.41) is 18.6. The van der Waals surface area contributed by atoms with E-state index in [2.05, 4.69) is 5.32 Å². The van der Waals surface area contributed by atoms with E-state index in [9.17, 15) is 0 Å². The molecule has 0 amide bonds. The number of nitrogens with two attached hydrogens (primary N) is 2. The molecule has 1 fully saturated rings. The smallest absolute Gasteiger partial charge is 0.122 e. The highest BCUT2D eigenvalue weighted by molar-refractivity contribution is 5.95. The molecule has 32 heavy (non-hydrogen) atoms. The standard InChI is InChI=1S/C24H33N5O2.ClH/c25-23(26)17-5-11-21(12-6-17)30-15-1-3-19-9-10-20(29-19)4-2-16-31-22-13-7-18(8-14-22)24(27)28;/h5-8,11-14,19-20,29H,1-4,9-10,15-16H2,(H3,25,26)(H3,27,28);1H. The summed E-state index contributed by atoms with van der Waals surface area (Å²) in [5.74, 6) is 1.78. The maximum Gasteiger partial charge on any atom is 0.122 e. The number of amidine groups is 2. The first-order valence-corrected chi connectivity index (χ1v) is 10.9. The van der Waals surface area contributed by atoms with Gasteiger partial charge in [0.2, 0.25) is 0 Å². The van der Waals surface area contributed by atoms with Crippen LogP contribution in [0, 0.1) is 10.8 Å². The lowest BCUT2D eigenvalue weighted by Crippen LogP contribution is -2.29. The highest BCUT2D eigenvalue weighted by atomic mass is 35.5. The van der Waals surface area contributed by atoms with Crippen LogP contribution >= 0.6 is 12.4 Å². The Morgan fingerprint density at radius 2 is 1.12 bits per heavy atom. The molecule has 2 unspecified atom stereocenters. The molecular weight excluding hydrogens is 426 g/mol. The fraction of sp³-hybridized carbons (Fsp3) is 0.417. The van der Waals surface area contributed by atoms with Crippen molar-refractivity contribution in [3.63, 3.8) is 0 Å².